The molecular weight excluding hydrogens is 350 g/mol. The molecule has 1 aromatic carbocycles. The highest BCUT2D eigenvalue weighted by Crippen LogP contribution is 2.49. The number of hydrogen-bond acceptors (Lipinski definition) is 4. The molecule has 0 radical (unpaired) electrons. The number of hydrogen-bond donors (Lipinski definition) is 2. The minimum absolute atomic E-state index is 0.0466. The maximum Gasteiger partial charge on any atom is 0.241 e. The van der Waals surface area contributed by atoms with Gasteiger partial charge < -0.3 is 15.8 Å². The van der Waals surface area contributed by atoms with Crippen LogP contribution in [-0.4, -0.2) is 42.1 Å². The first-order chi connectivity index (χ1) is 13.3. The molecule has 5 heteroatoms. The highest BCUT2D eigenvalue weighted by atomic mass is 16.5. The molecule has 1 amide bonds. The number of amides is 1. The molecule has 1 aromatic rings. The molecule has 2 aliphatic rings. The number of rotatable bonds is 7. The number of nitrogens with zero attached hydrogens (tertiary/aromatic N) is 1. The van der Waals surface area contributed by atoms with E-state index in [4.69, 9.17) is 10.5 Å². The minimum Gasteiger partial charge on any atom is -0.378 e. The van der Waals surface area contributed by atoms with Crippen LogP contribution in [0, 0.1) is 11.3 Å². The van der Waals surface area contributed by atoms with Crippen molar-refractivity contribution in [3.63, 3.8) is 0 Å². The molecule has 2 atom stereocenters. The number of benzene rings is 1. The summed E-state index contributed by atoms with van der Waals surface area (Å²) in [5.74, 6) is 0.775. The van der Waals surface area contributed by atoms with Crippen molar-refractivity contribution in [1.29, 1.82) is 0 Å². The van der Waals surface area contributed by atoms with Crippen molar-refractivity contribution in [2.45, 2.75) is 71.7 Å². The zero-order valence-electron chi connectivity index (χ0n) is 18.0. The Morgan fingerprint density at radius 1 is 1.21 bits per heavy atom. The van der Waals surface area contributed by atoms with Crippen LogP contribution in [0.5, 0.6) is 0 Å². The standard InChI is InChI=1S/C23H37N3O2/c1-5-28-20-14-23(24,22(20,3)4)21(27)25-15-18-6-8-19(9-7-18)16-26-12-10-17(2)11-13-26/h6-9,17,20H,5,10-16,24H2,1-4H3,(H,25,27). The van der Waals surface area contributed by atoms with Gasteiger partial charge in [-0.3, -0.25) is 9.69 Å². The molecule has 1 saturated carbocycles. The van der Waals surface area contributed by atoms with E-state index in [1.165, 1.54) is 31.5 Å². The van der Waals surface area contributed by atoms with Gasteiger partial charge in [0.25, 0.3) is 0 Å². The van der Waals surface area contributed by atoms with Crippen molar-refractivity contribution in [1.82, 2.24) is 10.2 Å². The Hall–Kier alpha value is -1.43. The molecule has 1 aliphatic carbocycles. The molecule has 3 rings (SSSR count). The van der Waals surface area contributed by atoms with Crippen molar-refractivity contribution in [2.24, 2.45) is 17.1 Å². The fourth-order valence-corrected chi connectivity index (χ4v) is 4.40. The molecule has 5 nitrogen and oxygen atoms in total. The molecule has 156 valence electrons. The third-order valence-corrected chi connectivity index (χ3v) is 6.99. The number of carbonyl (C=O) groups is 1. The zero-order valence-corrected chi connectivity index (χ0v) is 18.0. The van der Waals surface area contributed by atoms with E-state index in [2.05, 4.69) is 41.4 Å². The average molecular weight is 388 g/mol. The summed E-state index contributed by atoms with van der Waals surface area (Å²) in [6.45, 7) is 12.9. The predicted octanol–water partition coefficient (Wildman–Crippen LogP) is 3.07. The lowest BCUT2D eigenvalue weighted by Gasteiger charge is -2.57. The molecule has 0 spiro atoms. The van der Waals surface area contributed by atoms with Gasteiger partial charge in [-0.1, -0.05) is 45.0 Å². The van der Waals surface area contributed by atoms with E-state index >= 15 is 0 Å². The summed E-state index contributed by atoms with van der Waals surface area (Å²) >= 11 is 0. The van der Waals surface area contributed by atoms with Gasteiger partial charge in [-0.05, 0) is 49.9 Å². The maximum atomic E-state index is 12.7. The van der Waals surface area contributed by atoms with Crippen molar-refractivity contribution in [3.05, 3.63) is 35.4 Å². The number of nitrogens with one attached hydrogen (secondary N) is 1. The van der Waals surface area contributed by atoms with Crippen molar-refractivity contribution < 1.29 is 9.53 Å². The SMILES string of the molecule is CCOC1CC(N)(C(=O)NCc2ccc(CN3CCC(C)CC3)cc2)C1(C)C. The summed E-state index contributed by atoms with van der Waals surface area (Å²) in [5.41, 5.74) is 7.66. The quantitative estimate of drug-likeness (QED) is 0.754. The lowest BCUT2D eigenvalue weighted by molar-refractivity contribution is -0.170. The summed E-state index contributed by atoms with van der Waals surface area (Å²) in [4.78, 5) is 15.3. The van der Waals surface area contributed by atoms with E-state index in [9.17, 15) is 4.79 Å². The Kier molecular flexibility index (Phi) is 6.47. The van der Waals surface area contributed by atoms with Gasteiger partial charge >= 0.3 is 0 Å². The van der Waals surface area contributed by atoms with E-state index in [1.54, 1.807) is 0 Å². The Labute approximate surface area is 170 Å². The number of ether oxygens (including phenoxy) is 1. The molecule has 28 heavy (non-hydrogen) atoms. The first kappa shape index (κ1) is 21.3. The first-order valence-corrected chi connectivity index (χ1v) is 10.7. The number of nitrogens with two attached hydrogens (primary N) is 1. The van der Waals surface area contributed by atoms with Crippen LogP contribution in [0.3, 0.4) is 0 Å². The minimum atomic E-state index is -0.863. The second-order valence-electron chi connectivity index (χ2n) is 9.30. The molecule has 2 fully saturated rings. The molecule has 1 aliphatic heterocycles. The van der Waals surface area contributed by atoms with E-state index in [0.29, 0.717) is 19.6 Å². The van der Waals surface area contributed by atoms with Gasteiger partial charge in [0.05, 0.1) is 6.10 Å². The summed E-state index contributed by atoms with van der Waals surface area (Å²) < 4.78 is 5.72. The predicted molar refractivity (Wildman–Crippen MR) is 113 cm³/mol. The molecule has 0 bridgehead atoms. The number of likely N-dealkylation sites (tertiary alicyclic amines) is 1. The molecule has 0 aromatic heterocycles. The number of carbonyl (C=O) groups excluding carboxylic acids is 1. The fourth-order valence-electron chi connectivity index (χ4n) is 4.40. The van der Waals surface area contributed by atoms with Crippen LogP contribution < -0.4 is 11.1 Å². The summed E-state index contributed by atoms with van der Waals surface area (Å²) in [6.07, 6.45) is 3.22. The van der Waals surface area contributed by atoms with Gasteiger partial charge in [-0.2, -0.15) is 0 Å². The molecule has 2 unspecified atom stereocenters. The maximum absolute atomic E-state index is 12.7. The van der Waals surface area contributed by atoms with Crippen LogP contribution in [0.2, 0.25) is 0 Å². The topological polar surface area (TPSA) is 67.6 Å². The highest BCUT2D eigenvalue weighted by molar-refractivity contribution is 5.88. The van der Waals surface area contributed by atoms with Gasteiger partial charge in [0.1, 0.15) is 5.54 Å². The van der Waals surface area contributed by atoms with E-state index < -0.39 is 5.54 Å². The first-order valence-electron chi connectivity index (χ1n) is 10.7. The van der Waals surface area contributed by atoms with E-state index in [1.807, 2.05) is 20.8 Å². The Morgan fingerprint density at radius 2 is 1.82 bits per heavy atom. The summed E-state index contributed by atoms with van der Waals surface area (Å²) in [6, 6.07) is 8.58. The van der Waals surface area contributed by atoms with Crippen LogP contribution >= 0.6 is 0 Å². The Morgan fingerprint density at radius 3 is 2.39 bits per heavy atom. The lowest BCUT2D eigenvalue weighted by atomic mass is 9.54. The smallest absolute Gasteiger partial charge is 0.241 e. The van der Waals surface area contributed by atoms with Crippen LogP contribution in [0.1, 0.15) is 58.1 Å². The monoisotopic (exact) mass is 387 g/mol. The fraction of sp³-hybridized carbons (Fsp3) is 0.696. The normalized spacial score (nSPS) is 28.0. The number of piperidine rings is 1. The summed E-state index contributed by atoms with van der Waals surface area (Å²) in [5, 5.41) is 3.04. The Balaban J connectivity index is 1.49. The summed E-state index contributed by atoms with van der Waals surface area (Å²) in [7, 11) is 0. The van der Waals surface area contributed by atoms with Gasteiger partial charge in [-0.25, -0.2) is 0 Å². The van der Waals surface area contributed by atoms with Gasteiger partial charge in [0, 0.05) is 31.5 Å². The van der Waals surface area contributed by atoms with Gasteiger partial charge in [-0.15, -0.1) is 0 Å². The van der Waals surface area contributed by atoms with Crippen molar-refractivity contribution >= 4 is 5.91 Å². The second-order valence-corrected chi connectivity index (χ2v) is 9.30. The zero-order chi connectivity index (χ0) is 20.4. The highest BCUT2D eigenvalue weighted by Gasteiger charge is 2.62. The van der Waals surface area contributed by atoms with Gasteiger partial charge in [0.2, 0.25) is 5.91 Å². The lowest BCUT2D eigenvalue weighted by Crippen LogP contribution is -2.75. The van der Waals surface area contributed by atoms with Crippen LogP contribution in [0.15, 0.2) is 24.3 Å². The molecular formula is C23H37N3O2. The van der Waals surface area contributed by atoms with Crippen molar-refractivity contribution in [3.8, 4) is 0 Å². The Bertz CT molecular complexity index is 665. The molecule has 3 N–H and O–H groups in total. The van der Waals surface area contributed by atoms with E-state index in [0.717, 1.165) is 18.0 Å². The van der Waals surface area contributed by atoms with E-state index in [-0.39, 0.29) is 17.4 Å². The molecule has 1 heterocycles. The van der Waals surface area contributed by atoms with Gasteiger partial charge in [0.15, 0.2) is 0 Å². The van der Waals surface area contributed by atoms with Crippen LogP contribution in [0.4, 0.5) is 0 Å². The molecule has 1 saturated heterocycles. The van der Waals surface area contributed by atoms with Crippen LogP contribution in [-0.2, 0) is 22.6 Å². The largest absolute Gasteiger partial charge is 0.378 e. The third-order valence-electron chi connectivity index (χ3n) is 6.99. The average Bonchev–Trinajstić information content (AvgIpc) is 2.68. The second kappa shape index (κ2) is 8.52. The van der Waals surface area contributed by atoms with Crippen LogP contribution in [0.25, 0.3) is 0 Å². The van der Waals surface area contributed by atoms with Crippen molar-refractivity contribution in [2.75, 3.05) is 19.7 Å². The third kappa shape index (κ3) is 4.27.